The number of benzene rings is 2. The highest BCUT2D eigenvalue weighted by Crippen LogP contribution is 2.43. The van der Waals surface area contributed by atoms with E-state index in [-0.39, 0.29) is 0 Å². The Bertz CT molecular complexity index is 870. The first-order valence-electron chi connectivity index (χ1n) is 9.61. The molecule has 1 unspecified atom stereocenters. The largest absolute Gasteiger partial charge is 0.496 e. The van der Waals surface area contributed by atoms with Gasteiger partial charge in [-0.3, -0.25) is 9.69 Å². The van der Waals surface area contributed by atoms with Crippen molar-refractivity contribution >= 4 is 5.97 Å². The van der Waals surface area contributed by atoms with Crippen LogP contribution in [0.25, 0.3) is 0 Å². The van der Waals surface area contributed by atoms with Crippen LogP contribution in [0.4, 0.5) is 13.2 Å². The molecule has 1 N–H and O–H groups in total. The van der Waals surface area contributed by atoms with Crippen LogP contribution in [0, 0.1) is 5.92 Å². The fraction of sp³-hybridized carbons (Fsp3) is 0.409. The van der Waals surface area contributed by atoms with Crippen molar-refractivity contribution in [2.45, 2.75) is 25.1 Å². The molecule has 0 spiro atoms. The van der Waals surface area contributed by atoms with Gasteiger partial charge in [-0.25, -0.2) is 0 Å². The predicted molar refractivity (Wildman–Crippen MR) is 105 cm³/mol. The summed E-state index contributed by atoms with van der Waals surface area (Å²) in [5.41, 5.74) is 0.330. The maximum absolute atomic E-state index is 13.4. The predicted octanol–water partition coefficient (Wildman–Crippen LogP) is 4.61. The Balaban J connectivity index is 2.11. The zero-order valence-electron chi connectivity index (χ0n) is 16.8. The third-order valence-electron chi connectivity index (χ3n) is 5.51. The first kappa shape index (κ1) is 22.0. The molecule has 1 aliphatic rings. The monoisotopic (exact) mass is 423 g/mol. The molecule has 0 saturated carbocycles. The quantitative estimate of drug-likeness (QED) is 0.736. The van der Waals surface area contributed by atoms with Crippen LogP contribution < -0.4 is 9.47 Å². The van der Waals surface area contributed by atoms with E-state index in [9.17, 15) is 23.1 Å². The average Bonchev–Trinajstić information content (AvgIpc) is 2.74. The number of piperidine rings is 1. The zero-order valence-corrected chi connectivity index (χ0v) is 16.8. The third-order valence-corrected chi connectivity index (χ3v) is 5.51. The second-order valence-corrected chi connectivity index (χ2v) is 7.25. The van der Waals surface area contributed by atoms with E-state index in [1.165, 1.54) is 20.3 Å². The lowest BCUT2D eigenvalue weighted by Crippen LogP contribution is -2.39. The molecule has 8 heteroatoms. The number of likely N-dealkylation sites (tertiary alicyclic amines) is 1. The molecule has 1 aliphatic heterocycles. The van der Waals surface area contributed by atoms with E-state index in [1.807, 2.05) is 4.90 Å². The van der Waals surface area contributed by atoms with Crippen LogP contribution in [-0.2, 0) is 11.0 Å². The number of hydrogen-bond donors (Lipinski definition) is 1. The van der Waals surface area contributed by atoms with E-state index < -0.39 is 29.7 Å². The highest BCUT2D eigenvalue weighted by Gasteiger charge is 2.35. The first-order valence-corrected chi connectivity index (χ1v) is 9.61. The second-order valence-electron chi connectivity index (χ2n) is 7.25. The Labute approximate surface area is 173 Å². The lowest BCUT2D eigenvalue weighted by atomic mass is 9.90. The minimum absolute atomic E-state index is 0.419. The lowest BCUT2D eigenvalue weighted by molar-refractivity contribution is -0.143. The van der Waals surface area contributed by atoms with Crippen LogP contribution >= 0.6 is 0 Å². The molecule has 30 heavy (non-hydrogen) atoms. The Morgan fingerprint density at radius 1 is 1.07 bits per heavy atom. The molecule has 162 valence electrons. The highest BCUT2D eigenvalue weighted by molar-refractivity contribution is 5.70. The number of alkyl halides is 3. The molecular formula is C22H24F3NO4. The van der Waals surface area contributed by atoms with Crippen molar-refractivity contribution < 1.29 is 32.5 Å². The normalized spacial score (nSPS) is 16.8. The Kier molecular flexibility index (Phi) is 6.55. The van der Waals surface area contributed by atoms with Crippen molar-refractivity contribution in [3.8, 4) is 11.5 Å². The van der Waals surface area contributed by atoms with Gasteiger partial charge in [-0.1, -0.05) is 18.2 Å². The van der Waals surface area contributed by atoms with Gasteiger partial charge in [-0.15, -0.1) is 0 Å². The Morgan fingerprint density at radius 2 is 1.63 bits per heavy atom. The third kappa shape index (κ3) is 4.53. The summed E-state index contributed by atoms with van der Waals surface area (Å²) in [4.78, 5) is 13.3. The molecular weight excluding hydrogens is 399 g/mol. The van der Waals surface area contributed by atoms with Crippen LogP contribution in [0.1, 0.15) is 35.6 Å². The van der Waals surface area contributed by atoms with Gasteiger partial charge in [-0.05, 0) is 55.8 Å². The number of ether oxygens (including phenoxy) is 2. The van der Waals surface area contributed by atoms with Gasteiger partial charge >= 0.3 is 12.1 Å². The molecule has 0 radical (unpaired) electrons. The van der Waals surface area contributed by atoms with Crippen LogP contribution in [0.15, 0.2) is 42.5 Å². The number of aliphatic carboxylic acids is 1. The van der Waals surface area contributed by atoms with E-state index in [4.69, 9.17) is 9.47 Å². The second kappa shape index (κ2) is 8.95. The Morgan fingerprint density at radius 3 is 2.13 bits per heavy atom. The molecule has 3 rings (SSSR count). The van der Waals surface area contributed by atoms with Gasteiger partial charge in [0.2, 0.25) is 0 Å². The van der Waals surface area contributed by atoms with Gasteiger partial charge in [0.05, 0.1) is 37.3 Å². The molecule has 5 nitrogen and oxygen atoms in total. The van der Waals surface area contributed by atoms with Crippen molar-refractivity contribution in [3.05, 3.63) is 59.2 Å². The summed E-state index contributed by atoms with van der Waals surface area (Å²) >= 11 is 0. The van der Waals surface area contributed by atoms with E-state index >= 15 is 0 Å². The van der Waals surface area contributed by atoms with Crippen molar-refractivity contribution in [1.82, 2.24) is 4.90 Å². The molecule has 1 atom stereocenters. The SMILES string of the molecule is COc1cccc(OC)c1C(c1cccc(C(F)(F)F)c1)N1CCC(C(=O)O)CC1. The fourth-order valence-electron chi connectivity index (χ4n) is 4.00. The number of methoxy groups -OCH3 is 2. The topological polar surface area (TPSA) is 59.0 Å². The molecule has 1 fully saturated rings. The summed E-state index contributed by atoms with van der Waals surface area (Å²) in [5.74, 6) is -0.308. The maximum Gasteiger partial charge on any atom is 0.416 e. The van der Waals surface area contributed by atoms with E-state index in [0.29, 0.717) is 48.6 Å². The number of halogens is 3. The highest BCUT2D eigenvalue weighted by atomic mass is 19.4. The smallest absolute Gasteiger partial charge is 0.416 e. The summed E-state index contributed by atoms with van der Waals surface area (Å²) in [6.45, 7) is 0.859. The van der Waals surface area contributed by atoms with Gasteiger partial charge in [0.25, 0.3) is 0 Å². The number of nitrogens with zero attached hydrogens (tertiary/aromatic N) is 1. The average molecular weight is 423 g/mol. The number of carboxylic acid groups (broad SMARTS) is 1. The van der Waals surface area contributed by atoms with Crippen molar-refractivity contribution in [1.29, 1.82) is 0 Å². The van der Waals surface area contributed by atoms with Crippen molar-refractivity contribution in [3.63, 3.8) is 0 Å². The number of carbonyl (C=O) groups is 1. The fourth-order valence-corrected chi connectivity index (χ4v) is 4.00. The minimum Gasteiger partial charge on any atom is -0.496 e. The minimum atomic E-state index is -4.47. The van der Waals surface area contributed by atoms with Crippen molar-refractivity contribution in [2.75, 3.05) is 27.3 Å². The van der Waals surface area contributed by atoms with Crippen LogP contribution in [0.5, 0.6) is 11.5 Å². The summed E-state index contributed by atoms with van der Waals surface area (Å²) in [6.07, 6.45) is -3.63. The van der Waals surface area contributed by atoms with Crippen LogP contribution in [-0.4, -0.2) is 43.3 Å². The molecule has 0 aliphatic carbocycles. The summed E-state index contributed by atoms with van der Waals surface area (Å²) < 4.78 is 51.2. The zero-order chi connectivity index (χ0) is 21.9. The molecule has 2 aromatic carbocycles. The summed E-state index contributed by atoms with van der Waals surface area (Å²) in [5, 5.41) is 9.30. The lowest BCUT2D eigenvalue weighted by Gasteiger charge is -2.38. The van der Waals surface area contributed by atoms with E-state index in [0.717, 1.165) is 12.1 Å². The first-order chi connectivity index (χ1) is 14.3. The van der Waals surface area contributed by atoms with Crippen molar-refractivity contribution in [2.24, 2.45) is 5.92 Å². The van der Waals surface area contributed by atoms with Gasteiger partial charge in [-0.2, -0.15) is 13.2 Å². The van der Waals surface area contributed by atoms with Gasteiger partial charge in [0, 0.05) is 0 Å². The number of rotatable bonds is 6. The van der Waals surface area contributed by atoms with Gasteiger partial charge in [0.1, 0.15) is 11.5 Å². The van der Waals surface area contributed by atoms with Crippen LogP contribution in [0.2, 0.25) is 0 Å². The maximum atomic E-state index is 13.4. The van der Waals surface area contributed by atoms with E-state index in [2.05, 4.69) is 0 Å². The van der Waals surface area contributed by atoms with E-state index in [1.54, 1.807) is 24.3 Å². The Hall–Kier alpha value is -2.74. The molecule has 1 saturated heterocycles. The standard InChI is InChI=1S/C22H24F3NO4/c1-29-17-7-4-8-18(30-2)19(17)20(26-11-9-14(10-12-26)21(27)28)15-5-3-6-16(13-15)22(23,24)25/h3-8,13-14,20H,9-12H2,1-2H3,(H,27,28). The molecule has 2 aromatic rings. The van der Waals surface area contributed by atoms with Gasteiger partial charge in [0.15, 0.2) is 0 Å². The number of carboxylic acids is 1. The summed E-state index contributed by atoms with van der Waals surface area (Å²) in [7, 11) is 3.00. The molecule has 1 heterocycles. The molecule has 0 amide bonds. The summed E-state index contributed by atoms with van der Waals surface area (Å²) in [6, 6.07) is 9.86. The van der Waals surface area contributed by atoms with Crippen LogP contribution in [0.3, 0.4) is 0 Å². The van der Waals surface area contributed by atoms with Gasteiger partial charge < -0.3 is 14.6 Å². The number of hydrogen-bond acceptors (Lipinski definition) is 4. The molecule has 0 aromatic heterocycles. The molecule has 0 bridgehead atoms.